The van der Waals surface area contributed by atoms with Gasteiger partial charge in [-0.05, 0) is 29.3 Å². The fourth-order valence-electron chi connectivity index (χ4n) is 2.69. The molecule has 4 nitrogen and oxygen atoms in total. The summed E-state index contributed by atoms with van der Waals surface area (Å²) < 4.78 is 68.5. The number of nitrogens with one attached hydrogen (secondary N) is 1. The molecule has 3 rings (SSSR count). The molecule has 0 fully saturated rings. The summed E-state index contributed by atoms with van der Waals surface area (Å²) in [5.74, 6) is -3.18. The number of benzene rings is 2. The van der Waals surface area contributed by atoms with Crippen molar-refractivity contribution in [2.45, 2.75) is 18.1 Å². The zero-order valence-electron chi connectivity index (χ0n) is 14.6. The minimum Gasteiger partial charge on any atom is -0.305 e. The van der Waals surface area contributed by atoms with Crippen LogP contribution in [0, 0.1) is 11.6 Å². The van der Waals surface area contributed by atoms with Gasteiger partial charge in [0.1, 0.15) is 17.2 Å². The maximum absolute atomic E-state index is 13.7. The Hall–Kier alpha value is -2.75. The van der Waals surface area contributed by atoms with E-state index >= 15 is 0 Å². The number of amides is 1. The molecule has 1 aromatic heterocycles. The Morgan fingerprint density at radius 2 is 1.79 bits per heavy atom. The Kier molecular flexibility index (Phi) is 6.02. The molecule has 0 aliphatic heterocycles. The van der Waals surface area contributed by atoms with Crippen LogP contribution in [0.15, 0.2) is 48.7 Å². The number of aromatic nitrogens is 2. The predicted molar refractivity (Wildman–Crippen MR) is 99.7 cm³/mol. The van der Waals surface area contributed by atoms with E-state index in [-0.39, 0.29) is 23.3 Å². The van der Waals surface area contributed by atoms with Crippen molar-refractivity contribution in [3.63, 3.8) is 0 Å². The second-order valence-electron chi connectivity index (χ2n) is 6.07. The van der Waals surface area contributed by atoms with Gasteiger partial charge < -0.3 is 5.32 Å². The van der Waals surface area contributed by atoms with E-state index in [1.165, 1.54) is 23.0 Å². The first-order valence-corrected chi connectivity index (χ1v) is 9.35. The van der Waals surface area contributed by atoms with E-state index in [0.29, 0.717) is 5.56 Å². The minimum atomic E-state index is -4.54. The summed E-state index contributed by atoms with van der Waals surface area (Å²) in [4.78, 5) is 12.1. The highest BCUT2D eigenvalue weighted by atomic mass is 79.9. The lowest BCUT2D eigenvalue weighted by Gasteiger charge is -2.14. The monoisotopic (exact) mass is 473 g/mol. The van der Waals surface area contributed by atoms with Gasteiger partial charge in [0, 0.05) is 17.6 Å². The topological polar surface area (TPSA) is 46.9 Å². The quantitative estimate of drug-likeness (QED) is 0.399. The summed E-state index contributed by atoms with van der Waals surface area (Å²) in [5.41, 5.74) is -1.10. The molecule has 0 saturated heterocycles. The Labute approximate surface area is 170 Å². The standard InChI is InChI=1S/C19H13BrF5N3O/c20-9-11-4-5-12(13(8-11)19(23,24)25)10-28-7-6-16(27-28)26-18(29)17-14(21)2-1-3-15(17)22/h1-8H,9-10H2,(H,26,27,29). The van der Waals surface area contributed by atoms with Crippen molar-refractivity contribution in [1.82, 2.24) is 9.78 Å². The van der Waals surface area contributed by atoms with Gasteiger partial charge in [0.2, 0.25) is 0 Å². The highest BCUT2D eigenvalue weighted by Crippen LogP contribution is 2.33. The normalized spacial score (nSPS) is 11.5. The summed E-state index contributed by atoms with van der Waals surface area (Å²) in [7, 11) is 0. The third-order valence-electron chi connectivity index (χ3n) is 4.04. The second-order valence-corrected chi connectivity index (χ2v) is 6.63. The third kappa shape index (κ3) is 4.81. The molecule has 0 aliphatic carbocycles. The van der Waals surface area contributed by atoms with E-state index in [2.05, 4.69) is 26.3 Å². The van der Waals surface area contributed by atoms with Crippen LogP contribution < -0.4 is 5.32 Å². The summed E-state index contributed by atoms with van der Waals surface area (Å²) in [6.07, 6.45) is -3.19. The average Bonchev–Trinajstić information content (AvgIpc) is 3.07. The van der Waals surface area contributed by atoms with Gasteiger partial charge in [-0.3, -0.25) is 9.48 Å². The van der Waals surface area contributed by atoms with Gasteiger partial charge >= 0.3 is 6.18 Å². The highest BCUT2D eigenvalue weighted by molar-refractivity contribution is 9.08. The maximum Gasteiger partial charge on any atom is 0.416 e. The first-order chi connectivity index (χ1) is 13.7. The van der Waals surface area contributed by atoms with E-state index in [1.807, 2.05) is 0 Å². The van der Waals surface area contributed by atoms with Gasteiger partial charge in [-0.25, -0.2) is 8.78 Å². The molecule has 0 spiro atoms. The van der Waals surface area contributed by atoms with Gasteiger partial charge in [-0.1, -0.05) is 34.1 Å². The van der Waals surface area contributed by atoms with E-state index in [9.17, 15) is 26.7 Å². The van der Waals surface area contributed by atoms with Gasteiger partial charge in [-0.15, -0.1) is 0 Å². The molecule has 0 aliphatic rings. The Bertz CT molecular complexity index is 1030. The van der Waals surface area contributed by atoms with Crippen molar-refractivity contribution in [1.29, 1.82) is 0 Å². The van der Waals surface area contributed by atoms with Gasteiger partial charge in [0.05, 0.1) is 12.1 Å². The molecule has 10 heteroatoms. The summed E-state index contributed by atoms with van der Waals surface area (Å²) in [5, 5.41) is 6.47. The minimum absolute atomic E-state index is 0.0108. The zero-order chi connectivity index (χ0) is 21.2. The number of carbonyl (C=O) groups is 1. The first-order valence-electron chi connectivity index (χ1n) is 8.23. The van der Waals surface area contributed by atoms with E-state index in [1.54, 1.807) is 6.07 Å². The maximum atomic E-state index is 13.7. The number of rotatable bonds is 5. The zero-order valence-corrected chi connectivity index (χ0v) is 16.2. The van der Waals surface area contributed by atoms with Crippen LogP contribution in [0.4, 0.5) is 27.8 Å². The lowest BCUT2D eigenvalue weighted by atomic mass is 10.0. The van der Waals surface area contributed by atoms with Crippen molar-refractivity contribution in [3.8, 4) is 0 Å². The number of hydrogen-bond donors (Lipinski definition) is 1. The summed E-state index contributed by atoms with van der Waals surface area (Å²) >= 11 is 3.13. The molecule has 3 aromatic rings. The lowest BCUT2D eigenvalue weighted by Crippen LogP contribution is -2.17. The Morgan fingerprint density at radius 1 is 1.10 bits per heavy atom. The number of nitrogens with zero attached hydrogens (tertiary/aromatic N) is 2. The molecule has 1 N–H and O–H groups in total. The largest absolute Gasteiger partial charge is 0.416 e. The van der Waals surface area contributed by atoms with Gasteiger partial charge in [0.15, 0.2) is 5.82 Å². The average molecular weight is 474 g/mol. The van der Waals surface area contributed by atoms with Gasteiger partial charge in [0.25, 0.3) is 5.91 Å². The van der Waals surface area contributed by atoms with E-state index in [0.717, 1.165) is 24.3 Å². The van der Waals surface area contributed by atoms with Crippen molar-refractivity contribution >= 4 is 27.7 Å². The van der Waals surface area contributed by atoms with Crippen LogP contribution in [0.3, 0.4) is 0 Å². The molecule has 1 heterocycles. The number of anilines is 1. The molecular weight excluding hydrogens is 461 g/mol. The molecule has 0 unspecified atom stereocenters. The number of alkyl halides is 4. The highest BCUT2D eigenvalue weighted by Gasteiger charge is 2.33. The molecular formula is C19H13BrF5N3O. The van der Waals surface area contributed by atoms with Crippen LogP contribution in [-0.2, 0) is 18.1 Å². The molecule has 1 amide bonds. The van der Waals surface area contributed by atoms with E-state index in [4.69, 9.17) is 0 Å². The third-order valence-corrected chi connectivity index (χ3v) is 4.69. The van der Waals surface area contributed by atoms with Crippen LogP contribution >= 0.6 is 15.9 Å². The fourth-order valence-corrected chi connectivity index (χ4v) is 3.04. The van der Waals surface area contributed by atoms with Crippen LogP contribution in [0.25, 0.3) is 0 Å². The summed E-state index contributed by atoms with van der Waals surface area (Å²) in [6, 6.07) is 8.28. The summed E-state index contributed by atoms with van der Waals surface area (Å²) in [6.45, 7) is -0.207. The molecule has 29 heavy (non-hydrogen) atoms. The van der Waals surface area contributed by atoms with Crippen LogP contribution in [0.2, 0.25) is 0 Å². The van der Waals surface area contributed by atoms with Gasteiger partial charge in [-0.2, -0.15) is 18.3 Å². The Morgan fingerprint density at radius 3 is 2.41 bits per heavy atom. The van der Waals surface area contributed by atoms with Crippen molar-refractivity contribution in [2.75, 3.05) is 5.32 Å². The fraction of sp³-hybridized carbons (Fsp3) is 0.158. The molecule has 0 atom stereocenters. The van der Waals surface area contributed by atoms with Crippen molar-refractivity contribution in [2.24, 2.45) is 0 Å². The first kappa shape index (κ1) is 21.0. The van der Waals surface area contributed by atoms with Crippen LogP contribution in [0.1, 0.15) is 27.0 Å². The van der Waals surface area contributed by atoms with E-state index < -0.39 is 34.8 Å². The number of halogens is 6. The molecule has 0 radical (unpaired) electrons. The van der Waals surface area contributed by atoms with Crippen molar-refractivity contribution in [3.05, 3.63) is 82.5 Å². The SMILES string of the molecule is O=C(Nc1ccn(Cc2ccc(CBr)cc2C(F)(F)F)n1)c1c(F)cccc1F. The molecule has 2 aromatic carbocycles. The molecule has 0 bridgehead atoms. The van der Waals surface area contributed by atoms with Crippen LogP contribution in [0.5, 0.6) is 0 Å². The van der Waals surface area contributed by atoms with Crippen molar-refractivity contribution < 1.29 is 26.7 Å². The lowest BCUT2D eigenvalue weighted by molar-refractivity contribution is -0.138. The smallest absolute Gasteiger partial charge is 0.305 e. The van der Waals surface area contributed by atoms with Crippen LogP contribution in [-0.4, -0.2) is 15.7 Å². The number of hydrogen-bond acceptors (Lipinski definition) is 2. The predicted octanol–water partition coefficient (Wildman–Crippen LogP) is 5.38. The molecule has 152 valence electrons. The second kappa shape index (κ2) is 8.32. The Balaban J connectivity index is 1.80. The molecule has 0 saturated carbocycles. The number of carbonyl (C=O) groups excluding carboxylic acids is 1.